The summed E-state index contributed by atoms with van der Waals surface area (Å²) in [4.78, 5) is 11.2. The number of nitrogens with zero attached hydrogens (tertiary/aromatic N) is 2. The van der Waals surface area contributed by atoms with Gasteiger partial charge in [-0.15, -0.1) is 0 Å². The van der Waals surface area contributed by atoms with Crippen LogP contribution in [-0.4, -0.2) is 17.5 Å². The van der Waals surface area contributed by atoms with E-state index in [9.17, 15) is 4.79 Å². The van der Waals surface area contributed by atoms with E-state index in [4.69, 9.17) is 0 Å². The summed E-state index contributed by atoms with van der Waals surface area (Å²) in [7, 11) is 1.40. The minimum absolute atomic E-state index is 0. The van der Waals surface area contributed by atoms with Gasteiger partial charge in [0.1, 0.15) is 5.52 Å². The highest BCUT2D eigenvalue weighted by Gasteiger charge is 2.14. The van der Waals surface area contributed by atoms with E-state index in [1.54, 1.807) is 0 Å². The van der Waals surface area contributed by atoms with E-state index in [0.29, 0.717) is 0 Å². The number of halogens is 1. The van der Waals surface area contributed by atoms with Gasteiger partial charge in [-0.2, -0.15) is 4.57 Å². The predicted octanol–water partition coefficient (Wildman–Crippen LogP) is -2.29. The third-order valence-electron chi connectivity index (χ3n) is 2.51. The van der Waals surface area contributed by atoms with Crippen LogP contribution in [0.4, 0.5) is 0 Å². The number of hydrogen-bond acceptors (Lipinski definition) is 2. The molecular weight excluding hydrogens is 272 g/mol. The summed E-state index contributed by atoms with van der Waals surface area (Å²) in [6.07, 6.45) is 5.77. The maximum Gasteiger partial charge on any atom is 0.372 e. The molecule has 0 saturated carbocycles. The second-order valence-electron chi connectivity index (χ2n) is 3.39. The third kappa shape index (κ3) is 2.24. The number of aromatic nitrogens is 2. The van der Waals surface area contributed by atoms with Crippen LogP contribution in [0.25, 0.3) is 5.52 Å². The Balaban J connectivity index is 0.00000128. The first-order valence-corrected chi connectivity index (χ1v) is 4.75. The zero-order chi connectivity index (χ0) is 10.8. The molecule has 86 valence electrons. The van der Waals surface area contributed by atoms with Crippen molar-refractivity contribution in [2.24, 2.45) is 0 Å². The van der Waals surface area contributed by atoms with Gasteiger partial charge < -0.3 is 26.1 Å². The highest BCUT2D eigenvalue weighted by molar-refractivity contribution is 5.67. The molecule has 0 aliphatic carbocycles. The van der Waals surface area contributed by atoms with Gasteiger partial charge in [0.2, 0.25) is 12.2 Å². The van der Waals surface area contributed by atoms with E-state index in [2.05, 4.69) is 4.74 Å². The van der Waals surface area contributed by atoms with Crippen LogP contribution in [0, 0.1) is 6.92 Å². The van der Waals surface area contributed by atoms with Gasteiger partial charge in [0.15, 0.2) is 6.20 Å². The van der Waals surface area contributed by atoms with Crippen molar-refractivity contribution in [1.82, 2.24) is 4.40 Å². The Morgan fingerprint density at radius 2 is 2.25 bits per heavy atom. The SMILES string of the molecule is COC(=O)C[n+]1ccn2cccc2c1C.[Br-]. The number of hydrogen-bond donors (Lipinski definition) is 0. The van der Waals surface area contributed by atoms with E-state index >= 15 is 0 Å². The monoisotopic (exact) mass is 284 g/mol. The molecule has 5 heteroatoms. The summed E-state index contributed by atoms with van der Waals surface area (Å²) >= 11 is 0. The summed E-state index contributed by atoms with van der Waals surface area (Å²) in [6.45, 7) is 2.24. The molecule has 0 bridgehead atoms. The Hall–Kier alpha value is -1.36. The fourth-order valence-corrected chi connectivity index (χ4v) is 1.62. The maximum absolute atomic E-state index is 11.2. The Morgan fingerprint density at radius 3 is 2.94 bits per heavy atom. The van der Waals surface area contributed by atoms with Crippen LogP contribution in [0.3, 0.4) is 0 Å². The number of aryl methyl sites for hydroxylation is 1. The van der Waals surface area contributed by atoms with Gasteiger partial charge in [-0.05, 0) is 12.1 Å². The van der Waals surface area contributed by atoms with E-state index < -0.39 is 0 Å². The van der Waals surface area contributed by atoms with Crippen molar-refractivity contribution < 1.29 is 31.1 Å². The Labute approximate surface area is 104 Å². The van der Waals surface area contributed by atoms with Crippen LogP contribution < -0.4 is 21.5 Å². The topological polar surface area (TPSA) is 34.6 Å². The molecule has 0 aliphatic heterocycles. The van der Waals surface area contributed by atoms with Gasteiger partial charge in [-0.1, -0.05) is 0 Å². The number of methoxy groups -OCH3 is 1. The number of ether oxygens (including phenoxy) is 1. The Bertz CT molecular complexity index is 508. The molecular formula is C11H13BrN2O2. The van der Waals surface area contributed by atoms with Gasteiger partial charge in [0, 0.05) is 13.1 Å². The van der Waals surface area contributed by atoms with Gasteiger partial charge in [0.05, 0.1) is 13.3 Å². The summed E-state index contributed by atoms with van der Waals surface area (Å²) in [6, 6.07) is 3.99. The number of rotatable bonds is 2. The van der Waals surface area contributed by atoms with E-state index in [0.717, 1.165) is 11.2 Å². The van der Waals surface area contributed by atoms with Crippen molar-refractivity contribution >= 4 is 11.5 Å². The molecule has 2 heterocycles. The zero-order valence-electron chi connectivity index (χ0n) is 9.18. The zero-order valence-corrected chi connectivity index (χ0v) is 10.8. The van der Waals surface area contributed by atoms with Crippen LogP contribution in [-0.2, 0) is 16.1 Å². The van der Waals surface area contributed by atoms with Crippen molar-refractivity contribution in [3.63, 3.8) is 0 Å². The molecule has 0 spiro atoms. The van der Waals surface area contributed by atoms with Crippen molar-refractivity contribution in [2.45, 2.75) is 13.5 Å². The van der Waals surface area contributed by atoms with Crippen LogP contribution in [0.1, 0.15) is 5.69 Å². The van der Waals surface area contributed by atoms with Crippen LogP contribution >= 0.6 is 0 Å². The van der Waals surface area contributed by atoms with E-state index in [1.807, 2.05) is 46.6 Å². The van der Waals surface area contributed by atoms with Crippen LogP contribution in [0.15, 0.2) is 30.7 Å². The number of esters is 1. The van der Waals surface area contributed by atoms with Gasteiger partial charge >= 0.3 is 5.97 Å². The third-order valence-corrected chi connectivity index (χ3v) is 2.51. The van der Waals surface area contributed by atoms with Crippen molar-refractivity contribution in [3.8, 4) is 0 Å². The average Bonchev–Trinajstić information content (AvgIpc) is 2.70. The lowest BCUT2D eigenvalue weighted by molar-refractivity contribution is -0.691. The molecule has 0 aromatic carbocycles. The average molecular weight is 285 g/mol. The Kier molecular flexibility index (Phi) is 4.06. The molecule has 0 radical (unpaired) electrons. The minimum Gasteiger partial charge on any atom is -1.00 e. The molecule has 4 nitrogen and oxygen atoms in total. The molecule has 2 aromatic heterocycles. The smallest absolute Gasteiger partial charge is 0.372 e. The fraction of sp³-hybridized carbons (Fsp3) is 0.273. The van der Waals surface area contributed by atoms with E-state index in [1.165, 1.54) is 7.11 Å². The first-order chi connectivity index (χ1) is 7.22. The normalized spacial score (nSPS) is 9.88. The van der Waals surface area contributed by atoms with Gasteiger partial charge in [-0.25, -0.2) is 4.79 Å². The second-order valence-corrected chi connectivity index (χ2v) is 3.39. The van der Waals surface area contributed by atoms with Gasteiger partial charge in [-0.3, -0.25) is 0 Å². The molecule has 0 amide bonds. The summed E-state index contributed by atoms with van der Waals surface area (Å²) in [5.74, 6) is -0.237. The molecule has 0 aliphatic rings. The lowest BCUT2D eigenvalue weighted by Crippen LogP contribution is -3.00. The first kappa shape index (κ1) is 12.7. The Morgan fingerprint density at radius 1 is 1.50 bits per heavy atom. The maximum atomic E-state index is 11.2. The number of carbonyl (C=O) groups excluding carboxylic acids is 1. The summed E-state index contributed by atoms with van der Waals surface area (Å²) < 4.78 is 8.53. The number of fused-ring (bicyclic) bond motifs is 1. The highest BCUT2D eigenvalue weighted by Crippen LogP contribution is 2.05. The minimum atomic E-state index is -0.237. The predicted molar refractivity (Wildman–Crippen MR) is 54.3 cm³/mol. The molecule has 0 saturated heterocycles. The van der Waals surface area contributed by atoms with Crippen LogP contribution in [0.5, 0.6) is 0 Å². The molecule has 0 fully saturated rings. The van der Waals surface area contributed by atoms with E-state index in [-0.39, 0.29) is 29.5 Å². The molecule has 16 heavy (non-hydrogen) atoms. The summed E-state index contributed by atoms with van der Waals surface area (Å²) in [5.41, 5.74) is 2.15. The second kappa shape index (κ2) is 5.12. The largest absolute Gasteiger partial charge is 1.00 e. The quantitative estimate of drug-likeness (QED) is 0.460. The molecule has 2 rings (SSSR count). The molecule has 0 N–H and O–H groups in total. The van der Waals surface area contributed by atoms with Crippen molar-refractivity contribution in [1.29, 1.82) is 0 Å². The lowest BCUT2D eigenvalue weighted by Gasteiger charge is -2.01. The molecule has 2 aromatic rings. The summed E-state index contributed by atoms with van der Waals surface area (Å²) in [5, 5.41) is 0. The molecule has 0 atom stereocenters. The van der Waals surface area contributed by atoms with Crippen molar-refractivity contribution in [2.75, 3.05) is 7.11 Å². The molecule has 0 unspecified atom stereocenters. The fourth-order valence-electron chi connectivity index (χ4n) is 1.62. The highest BCUT2D eigenvalue weighted by atomic mass is 79.9. The first-order valence-electron chi connectivity index (χ1n) is 4.75. The standard InChI is InChI=1S/C11H13N2O2.BrH/c1-9-10-4-3-5-12(10)6-7-13(9)8-11(14)15-2;/h3-7H,8H2,1-2H3;1H/q+1;/p-1. The lowest BCUT2D eigenvalue weighted by atomic mass is 10.3. The van der Waals surface area contributed by atoms with Crippen LogP contribution in [0.2, 0.25) is 0 Å². The van der Waals surface area contributed by atoms with Crippen molar-refractivity contribution in [3.05, 3.63) is 36.4 Å². The van der Waals surface area contributed by atoms with Gasteiger partial charge in [0.25, 0.3) is 0 Å². The number of carbonyl (C=O) groups is 1.